The Hall–Kier alpha value is -1.76. The summed E-state index contributed by atoms with van der Waals surface area (Å²) < 4.78 is 27.2. The Morgan fingerprint density at radius 3 is 2.33 bits per heavy atom. The highest BCUT2D eigenvalue weighted by molar-refractivity contribution is 7.92. The summed E-state index contributed by atoms with van der Waals surface area (Å²) >= 11 is 11.8. The first-order valence-electron chi connectivity index (χ1n) is 7.24. The Balaban J connectivity index is 1.77. The van der Waals surface area contributed by atoms with E-state index in [1.54, 1.807) is 12.1 Å². The molecule has 0 atom stereocenters. The number of hydrogen-bond acceptors (Lipinski definition) is 3. The molecule has 8 heteroatoms. The zero-order chi connectivity index (χ0) is 17.3. The first-order valence-corrected chi connectivity index (χ1v) is 9.48. The maximum Gasteiger partial charge on any atom is 0.263 e. The van der Waals surface area contributed by atoms with Crippen LogP contribution < -0.4 is 10.0 Å². The van der Waals surface area contributed by atoms with Crippen molar-refractivity contribution in [1.29, 1.82) is 0 Å². The van der Waals surface area contributed by atoms with E-state index < -0.39 is 10.0 Å². The molecule has 5 nitrogen and oxygen atoms in total. The molecule has 0 heterocycles. The van der Waals surface area contributed by atoms with Crippen LogP contribution >= 0.6 is 23.2 Å². The molecule has 0 unspecified atom stereocenters. The Bertz CT molecular complexity index is 879. The monoisotopic (exact) mass is 384 g/mol. The van der Waals surface area contributed by atoms with Crippen molar-refractivity contribution in [3.05, 3.63) is 58.1 Å². The van der Waals surface area contributed by atoms with Crippen LogP contribution in [0.25, 0.3) is 0 Å². The normalized spacial score (nSPS) is 14.2. The summed E-state index contributed by atoms with van der Waals surface area (Å²) in [5.41, 5.74) is 0.805. The molecule has 0 aromatic heterocycles. The summed E-state index contributed by atoms with van der Waals surface area (Å²) in [6, 6.07) is 10.8. The highest BCUT2D eigenvalue weighted by Gasteiger charge is 2.24. The number of hydrogen-bond donors (Lipinski definition) is 2. The summed E-state index contributed by atoms with van der Waals surface area (Å²) in [5, 5.41) is 2.99. The first kappa shape index (κ1) is 17.1. The van der Waals surface area contributed by atoms with Gasteiger partial charge in [0.15, 0.2) is 0 Å². The molecule has 0 bridgehead atoms. The second-order valence-electron chi connectivity index (χ2n) is 5.48. The van der Waals surface area contributed by atoms with Gasteiger partial charge in [0.2, 0.25) is 0 Å². The van der Waals surface area contributed by atoms with Crippen LogP contribution in [0.15, 0.2) is 47.4 Å². The number of halogens is 2. The van der Waals surface area contributed by atoms with Crippen molar-refractivity contribution < 1.29 is 13.2 Å². The van der Waals surface area contributed by atoms with Crippen molar-refractivity contribution in [2.24, 2.45) is 0 Å². The Morgan fingerprint density at radius 2 is 1.71 bits per heavy atom. The Labute approximate surface area is 150 Å². The lowest BCUT2D eigenvalue weighted by Crippen LogP contribution is -2.25. The van der Waals surface area contributed by atoms with Gasteiger partial charge >= 0.3 is 0 Å². The zero-order valence-corrected chi connectivity index (χ0v) is 14.8. The molecular weight excluding hydrogens is 371 g/mol. The third kappa shape index (κ3) is 3.83. The minimum atomic E-state index is -3.88. The van der Waals surface area contributed by atoms with E-state index >= 15 is 0 Å². The number of nitrogens with one attached hydrogen (secondary N) is 2. The van der Waals surface area contributed by atoms with Crippen molar-refractivity contribution in [2.75, 3.05) is 4.72 Å². The fourth-order valence-corrected chi connectivity index (χ4v) is 3.91. The molecule has 1 aliphatic rings. The van der Waals surface area contributed by atoms with Crippen molar-refractivity contribution in [3.63, 3.8) is 0 Å². The number of carbonyl (C=O) groups excluding carboxylic acids is 1. The molecule has 1 saturated carbocycles. The molecule has 3 rings (SSSR count). The van der Waals surface area contributed by atoms with Crippen LogP contribution in [0.4, 0.5) is 5.69 Å². The van der Waals surface area contributed by atoms with E-state index in [9.17, 15) is 13.2 Å². The molecule has 2 aromatic rings. The maximum absolute atomic E-state index is 12.4. The lowest BCUT2D eigenvalue weighted by Gasteiger charge is -2.11. The van der Waals surface area contributed by atoms with E-state index in [2.05, 4.69) is 10.0 Å². The fraction of sp³-hybridized carbons (Fsp3) is 0.188. The molecule has 0 aliphatic heterocycles. The standard InChI is InChI=1S/C16H14Cl2N2O3S/c17-13-2-1-3-14(15(13)18)24(22,23)20-12-6-4-10(5-7-12)16(21)19-11-8-9-11/h1-7,11,20H,8-9H2,(H,19,21). The number of sulfonamides is 1. The van der Waals surface area contributed by atoms with Crippen LogP contribution in [0.3, 0.4) is 0 Å². The van der Waals surface area contributed by atoms with E-state index in [4.69, 9.17) is 23.2 Å². The lowest BCUT2D eigenvalue weighted by molar-refractivity contribution is 0.0951. The van der Waals surface area contributed by atoms with Crippen molar-refractivity contribution >= 4 is 44.8 Å². The Morgan fingerprint density at radius 1 is 1.04 bits per heavy atom. The molecule has 0 saturated heterocycles. The van der Waals surface area contributed by atoms with E-state index in [1.807, 2.05) is 0 Å². The minimum Gasteiger partial charge on any atom is -0.349 e. The molecule has 1 aliphatic carbocycles. The molecule has 1 fully saturated rings. The molecule has 1 amide bonds. The van der Waals surface area contributed by atoms with E-state index in [0.29, 0.717) is 11.3 Å². The van der Waals surface area contributed by atoms with Gasteiger partial charge in [-0.2, -0.15) is 0 Å². The summed E-state index contributed by atoms with van der Waals surface area (Å²) in [7, 11) is -3.88. The van der Waals surface area contributed by atoms with Gasteiger partial charge in [-0.3, -0.25) is 9.52 Å². The average Bonchev–Trinajstić information content (AvgIpc) is 3.34. The fourth-order valence-electron chi connectivity index (χ4n) is 2.09. The van der Waals surface area contributed by atoms with Gasteiger partial charge in [0, 0.05) is 17.3 Å². The van der Waals surface area contributed by atoms with Crippen LogP contribution in [-0.2, 0) is 10.0 Å². The maximum atomic E-state index is 12.4. The van der Waals surface area contributed by atoms with Gasteiger partial charge in [0.1, 0.15) is 4.90 Å². The van der Waals surface area contributed by atoms with Gasteiger partial charge < -0.3 is 5.32 Å². The minimum absolute atomic E-state index is 0.0351. The van der Waals surface area contributed by atoms with Crippen LogP contribution in [0.1, 0.15) is 23.2 Å². The molecule has 126 valence electrons. The zero-order valence-electron chi connectivity index (χ0n) is 12.4. The molecule has 0 spiro atoms. The van der Waals surface area contributed by atoms with Crippen LogP contribution in [0.2, 0.25) is 10.0 Å². The van der Waals surface area contributed by atoms with Crippen LogP contribution in [-0.4, -0.2) is 20.4 Å². The van der Waals surface area contributed by atoms with Gasteiger partial charge in [-0.1, -0.05) is 29.3 Å². The number of amides is 1. The topological polar surface area (TPSA) is 75.3 Å². The highest BCUT2D eigenvalue weighted by atomic mass is 35.5. The smallest absolute Gasteiger partial charge is 0.263 e. The first-order chi connectivity index (χ1) is 11.4. The van der Waals surface area contributed by atoms with Crippen LogP contribution in [0, 0.1) is 0 Å². The molecule has 2 aromatic carbocycles. The highest BCUT2D eigenvalue weighted by Crippen LogP contribution is 2.30. The third-order valence-corrected chi connectivity index (χ3v) is 5.87. The predicted molar refractivity (Wildman–Crippen MR) is 94.2 cm³/mol. The van der Waals surface area contributed by atoms with E-state index in [0.717, 1.165) is 12.8 Å². The summed E-state index contributed by atoms with van der Waals surface area (Å²) in [4.78, 5) is 11.8. The van der Waals surface area contributed by atoms with Crippen molar-refractivity contribution in [1.82, 2.24) is 5.32 Å². The van der Waals surface area contributed by atoms with Crippen molar-refractivity contribution in [3.8, 4) is 0 Å². The van der Waals surface area contributed by atoms with Gasteiger partial charge in [-0.05, 0) is 49.2 Å². The quantitative estimate of drug-likeness (QED) is 0.825. The summed E-state index contributed by atoms with van der Waals surface area (Å²) in [6.07, 6.45) is 2.01. The van der Waals surface area contributed by atoms with E-state index in [1.165, 1.54) is 30.3 Å². The van der Waals surface area contributed by atoms with Gasteiger partial charge in [0.25, 0.3) is 15.9 Å². The second-order valence-corrected chi connectivity index (χ2v) is 7.92. The number of anilines is 1. The summed E-state index contributed by atoms with van der Waals surface area (Å²) in [5.74, 6) is -0.162. The molecule has 24 heavy (non-hydrogen) atoms. The van der Waals surface area contributed by atoms with Crippen LogP contribution in [0.5, 0.6) is 0 Å². The Kier molecular flexibility index (Phi) is 4.71. The third-order valence-electron chi connectivity index (χ3n) is 3.52. The van der Waals surface area contributed by atoms with Gasteiger partial charge in [-0.15, -0.1) is 0 Å². The predicted octanol–water partition coefficient (Wildman–Crippen LogP) is 3.69. The van der Waals surface area contributed by atoms with Gasteiger partial charge in [0.05, 0.1) is 10.0 Å². The van der Waals surface area contributed by atoms with E-state index in [-0.39, 0.29) is 26.9 Å². The molecule has 0 radical (unpaired) electrons. The molecular formula is C16H14Cl2N2O3S. The molecule has 2 N–H and O–H groups in total. The summed E-state index contributed by atoms with van der Waals surface area (Å²) in [6.45, 7) is 0. The second kappa shape index (κ2) is 6.63. The van der Waals surface area contributed by atoms with Crippen molar-refractivity contribution in [2.45, 2.75) is 23.8 Å². The SMILES string of the molecule is O=C(NC1CC1)c1ccc(NS(=O)(=O)c2cccc(Cl)c2Cl)cc1. The average molecular weight is 385 g/mol. The number of benzene rings is 2. The number of rotatable bonds is 5. The van der Waals surface area contributed by atoms with Gasteiger partial charge in [-0.25, -0.2) is 8.42 Å². The number of carbonyl (C=O) groups is 1. The largest absolute Gasteiger partial charge is 0.349 e. The lowest BCUT2D eigenvalue weighted by atomic mass is 10.2.